The lowest BCUT2D eigenvalue weighted by molar-refractivity contribution is -0.122. The highest BCUT2D eigenvalue weighted by atomic mass is 32.1. The van der Waals surface area contributed by atoms with Crippen LogP contribution in [-0.2, 0) is 11.3 Å². The smallest absolute Gasteiger partial charge is 0.244 e. The minimum atomic E-state index is -0.139. The Labute approximate surface area is 150 Å². The van der Waals surface area contributed by atoms with Gasteiger partial charge in [0.05, 0.1) is 6.04 Å². The van der Waals surface area contributed by atoms with Crippen LogP contribution in [0.15, 0.2) is 41.8 Å². The predicted octanol–water partition coefficient (Wildman–Crippen LogP) is 3.40. The summed E-state index contributed by atoms with van der Waals surface area (Å²) >= 11 is 1.62. The first-order valence-electron chi connectivity index (χ1n) is 8.24. The zero-order valence-corrected chi connectivity index (χ0v) is 15.3. The van der Waals surface area contributed by atoms with Crippen molar-refractivity contribution in [2.75, 3.05) is 0 Å². The second kappa shape index (κ2) is 7.57. The van der Waals surface area contributed by atoms with Crippen LogP contribution in [0.4, 0.5) is 0 Å². The summed E-state index contributed by atoms with van der Waals surface area (Å²) in [7, 11) is 0. The van der Waals surface area contributed by atoms with Crippen molar-refractivity contribution in [3.63, 3.8) is 0 Å². The van der Waals surface area contributed by atoms with Gasteiger partial charge < -0.3 is 5.32 Å². The number of carbonyl (C=O) groups excluding carboxylic acids is 1. The number of thiophene rings is 1. The van der Waals surface area contributed by atoms with E-state index in [-0.39, 0.29) is 18.5 Å². The molecule has 3 aromatic rings. The lowest BCUT2D eigenvalue weighted by atomic mass is 10.0. The van der Waals surface area contributed by atoms with E-state index in [1.54, 1.807) is 11.3 Å². The summed E-state index contributed by atoms with van der Waals surface area (Å²) < 4.78 is 0. The number of aromatic nitrogens is 4. The van der Waals surface area contributed by atoms with Gasteiger partial charge in [0.15, 0.2) is 0 Å². The van der Waals surface area contributed by atoms with E-state index in [1.807, 2.05) is 36.6 Å². The number of tetrazole rings is 1. The number of rotatable bonds is 6. The summed E-state index contributed by atoms with van der Waals surface area (Å²) in [5, 5.41) is 17.3. The number of nitrogens with zero attached hydrogens (tertiary/aromatic N) is 4. The molecular formula is C18H21N5OS. The summed E-state index contributed by atoms with van der Waals surface area (Å²) in [6, 6.07) is 12.0. The number of hydrogen-bond donors (Lipinski definition) is 1. The first-order valence-corrected chi connectivity index (χ1v) is 9.12. The summed E-state index contributed by atoms with van der Waals surface area (Å²) in [4.78, 5) is 14.6. The quantitative estimate of drug-likeness (QED) is 0.735. The van der Waals surface area contributed by atoms with Crippen molar-refractivity contribution >= 4 is 17.2 Å². The summed E-state index contributed by atoms with van der Waals surface area (Å²) in [6.45, 7) is 6.31. The van der Waals surface area contributed by atoms with Crippen LogP contribution >= 0.6 is 11.3 Å². The number of nitrogens with one attached hydrogen (secondary N) is 1. The van der Waals surface area contributed by atoms with Crippen LogP contribution in [0.3, 0.4) is 0 Å². The predicted molar refractivity (Wildman–Crippen MR) is 98.2 cm³/mol. The highest BCUT2D eigenvalue weighted by molar-refractivity contribution is 7.10. The molecule has 0 aliphatic carbocycles. The molecule has 1 N–H and O–H groups in total. The number of hydrogen-bond acceptors (Lipinski definition) is 5. The molecule has 0 saturated heterocycles. The van der Waals surface area contributed by atoms with Crippen molar-refractivity contribution in [3.8, 4) is 11.4 Å². The Morgan fingerprint density at radius 2 is 1.96 bits per heavy atom. The third-order valence-electron chi connectivity index (χ3n) is 3.92. The second-order valence-electron chi connectivity index (χ2n) is 6.22. The van der Waals surface area contributed by atoms with E-state index in [1.165, 1.54) is 10.4 Å². The van der Waals surface area contributed by atoms with Crippen molar-refractivity contribution < 1.29 is 4.79 Å². The number of amides is 1. The molecule has 130 valence electrons. The molecule has 0 bridgehead atoms. The normalized spacial score (nSPS) is 12.3. The average molecular weight is 355 g/mol. The molecule has 2 heterocycles. The molecule has 3 rings (SSSR count). The van der Waals surface area contributed by atoms with Crippen molar-refractivity contribution in [2.24, 2.45) is 0 Å². The Hall–Kier alpha value is -2.54. The van der Waals surface area contributed by atoms with Crippen LogP contribution in [0.2, 0.25) is 0 Å². The number of carbonyl (C=O) groups is 1. The Kier molecular flexibility index (Phi) is 5.23. The molecule has 6 nitrogen and oxygen atoms in total. The maximum Gasteiger partial charge on any atom is 0.244 e. The highest BCUT2D eigenvalue weighted by Crippen LogP contribution is 2.20. The van der Waals surface area contributed by atoms with Crippen molar-refractivity contribution in [3.05, 3.63) is 52.2 Å². The molecule has 25 heavy (non-hydrogen) atoms. The zero-order valence-electron chi connectivity index (χ0n) is 14.5. The maximum atomic E-state index is 12.1. The molecule has 0 fully saturated rings. The van der Waals surface area contributed by atoms with Crippen molar-refractivity contribution in [2.45, 2.75) is 39.3 Å². The van der Waals surface area contributed by atoms with E-state index in [2.05, 4.69) is 46.7 Å². The van der Waals surface area contributed by atoms with Gasteiger partial charge in [0.2, 0.25) is 11.7 Å². The lowest BCUT2D eigenvalue weighted by Gasteiger charge is -2.11. The maximum absolute atomic E-state index is 12.1. The average Bonchev–Trinajstić information content (AvgIpc) is 3.26. The Morgan fingerprint density at radius 1 is 1.20 bits per heavy atom. The fraction of sp³-hybridized carbons (Fsp3) is 0.333. The van der Waals surface area contributed by atoms with Crippen LogP contribution in [0.1, 0.15) is 43.2 Å². The standard InChI is InChI=1S/C18H21N5OS/c1-12(2)14-6-8-15(9-7-14)18-20-22-23(21-18)11-17(24)19-13(3)16-5-4-10-25-16/h4-10,12-13H,11H2,1-3H3,(H,19,24)/t13-/m0/s1. The van der Waals surface area contributed by atoms with Crippen molar-refractivity contribution in [1.29, 1.82) is 0 Å². The fourth-order valence-corrected chi connectivity index (χ4v) is 3.20. The van der Waals surface area contributed by atoms with Crippen molar-refractivity contribution in [1.82, 2.24) is 25.5 Å². The van der Waals surface area contributed by atoms with Gasteiger partial charge in [-0.2, -0.15) is 4.80 Å². The molecule has 1 amide bonds. The molecule has 2 aromatic heterocycles. The second-order valence-corrected chi connectivity index (χ2v) is 7.20. The summed E-state index contributed by atoms with van der Waals surface area (Å²) in [6.07, 6.45) is 0. The van der Waals surface area contributed by atoms with Crippen LogP contribution in [0, 0.1) is 0 Å². The Morgan fingerprint density at radius 3 is 2.60 bits per heavy atom. The molecule has 0 unspecified atom stereocenters. The molecule has 0 radical (unpaired) electrons. The molecule has 0 saturated carbocycles. The third-order valence-corrected chi connectivity index (χ3v) is 4.98. The van der Waals surface area contributed by atoms with Gasteiger partial charge in [-0.1, -0.05) is 44.2 Å². The van der Waals surface area contributed by atoms with Crippen LogP contribution in [0.5, 0.6) is 0 Å². The highest BCUT2D eigenvalue weighted by Gasteiger charge is 2.13. The fourth-order valence-electron chi connectivity index (χ4n) is 2.47. The van der Waals surface area contributed by atoms with Gasteiger partial charge in [0.1, 0.15) is 6.54 Å². The van der Waals surface area contributed by atoms with Gasteiger partial charge in [-0.3, -0.25) is 4.79 Å². The van der Waals surface area contributed by atoms with Gasteiger partial charge >= 0.3 is 0 Å². The van der Waals surface area contributed by atoms with Gasteiger partial charge in [0.25, 0.3) is 0 Å². The van der Waals surface area contributed by atoms with E-state index in [0.29, 0.717) is 11.7 Å². The van der Waals surface area contributed by atoms with Gasteiger partial charge in [-0.15, -0.1) is 21.5 Å². The Balaban J connectivity index is 1.62. The summed E-state index contributed by atoms with van der Waals surface area (Å²) in [5.41, 5.74) is 2.15. The molecule has 0 aliphatic heterocycles. The van der Waals surface area contributed by atoms with Crippen LogP contribution in [0.25, 0.3) is 11.4 Å². The SMILES string of the molecule is CC(C)c1ccc(-c2nnn(CC(=O)N[C@@H](C)c3cccs3)n2)cc1. The monoisotopic (exact) mass is 355 g/mol. The van der Waals surface area contributed by atoms with E-state index in [0.717, 1.165) is 10.4 Å². The van der Waals surface area contributed by atoms with Gasteiger partial charge in [-0.25, -0.2) is 0 Å². The topological polar surface area (TPSA) is 72.7 Å². The first-order chi connectivity index (χ1) is 12.0. The lowest BCUT2D eigenvalue weighted by Crippen LogP contribution is -2.30. The van der Waals surface area contributed by atoms with Gasteiger partial charge in [-0.05, 0) is 35.1 Å². The van der Waals surface area contributed by atoms with E-state index in [9.17, 15) is 4.79 Å². The number of benzene rings is 1. The zero-order chi connectivity index (χ0) is 17.8. The van der Waals surface area contributed by atoms with E-state index in [4.69, 9.17) is 0 Å². The molecule has 1 aromatic carbocycles. The molecule has 7 heteroatoms. The first kappa shape index (κ1) is 17.3. The Bertz CT molecular complexity index is 824. The molecule has 0 spiro atoms. The molecule has 1 atom stereocenters. The largest absolute Gasteiger partial charge is 0.347 e. The summed E-state index contributed by atoms with van der Waals surface area (Å²) in [5.74, 6) is 0.862. The third kappa shape index (κ3) is 4.30. The van der Waals surface area contributed by atoms with Crippen LogP contribution < -0.4 is 5.32 Å². The molecule has 0 aliphatic rings. The molecular weight excluding hydrogens is 334 g/mol. The van der Waals surface area contributed by atoms with Gasteiger partial charge in [0, 0.05) is 10.4 Å². The van der Waals surface area contributed by atoms with E-state index < -0.39 is 0 Å². The van der Waals surface area contributed by atoms with Crippen LogP contribution in [-0.4, -0.2) is 26.1 Å². The minimum Gasteiger partial charge on any atom is -0.347 e. The van der Waals surface area contributed by atoms with E-state index >= 15 is 0 Å². The minimum absolute atomic E-state index is 0.0286.